The van der Waals surface area contributed by atoms with Crippen molar-refractivity contribution in [2.45, 2.75) is 25.7 Å². The number of furan rings is 1. The number of aryl methyl sites for hydroxylation is 2. The Morgan fingerprint density at radius 2 is 1.92 bits per heavy atom. The third-order valence-corrected chi connectivity index (χ3v) is 4.66. The Balaban J connectivity index is 1.32. The van der Waals surface area contributed by atoms with Crippen molar-refractivity contribution < 1.29 is 13.9 Å². The minimum absolute atomic E-state index is 0.0140. The lowest BCUT2D eigenvalue weighted by Gasteiger charge is -2.07. The van der Waals surface area contributed by atoms with Gasteiger partial charge in [0, 0.05) is 10.9 Å². The molecule has 0 spiro atoms. The van der Waals surface area contributed by atoms with E-state index in [0.29, 0.717) is 19.6 Å². The summed E-state index contributed by atoms with van der Waals surface area (Å²) in [6, 6.07) is 13.9. The second kappa shape index (κ2) is 7.01. The maximum atomic E-state index is 12.2. The largest absolute Gasteiger partial charge is 0.492 e. The molecule has 128 valence electrons. The summed E-state index contributed by atoms with van der Waals surface area (Å²) in [5.74, 6) is 0.797. The van der Waals surface area contributed by atoms with Crippen LogP contribution in [0.5, 0.6) is 5.75 Å². The van der Waals surface area contributed by atoms with Gasteiger partial charge in [-0.15, -0.1) is 0 Å². The van der Waals surface area contributed by atoms with Crippen molar-refractivity contribution in [3.8, 4) is 5.75 Å². The number of carbonyl (C=O) groups is 1. The highest BCUT2D eigenvalue weighted by Crippen LogP contribution is 2.30. The highest BCUT2D eigenvalue weighted by Gasteiger charge is 2.16. The van der Waals surface area contributed by atoms with Gasteiger partial charge in [-0.25, -0.2) is 0 Å². The Kier molecular flexibility index (Phi) is 4.42. The van der Waals surface area contributed by atoms with Gasteiger partial charge in [-0.2, -0.15) is 0 Å². The molecule has 2 aromatic carbocycles. The van der Waals surface area contributed by atoms with Gasteiger partial charge >= 0.3 is 0 Å². The second-order valence-electron chi connectivity index (χ2n) is 6.42. The first-order valence-electron chi connectivity index (χ1n) is 8.76. The fraction of sp³-hybridized carbons (Fsp3) is 0.286. The Bertz CT molecular complexity index is 883. The van der Waals surface area contributed by atoms with Crippen LogP contribution in [0.25, 0.3) is 11.0 Å². The molecule has 1 aliphatic rings. The molecule has 0 saturated heterocycles. The van der Waals surface area contributed by atoms with E-state index in [2.05, 4.69) is 17.4 Å². The molecule has 1 amide bonds. The number of carbonyl (C=O) groups excluding carboxylic acids is 1. The molecule has 1 heterocycles. The standard InChI is InChI=1S/C21H21NO3/c23-21(22-9-10-24-18-7-2-1-3-8-18)13-17-14-25-20-12-16-6-4-5-15(16)11-19(17)20/h1-3,7-8,11-12,14H,4-6,9-10,13H2,(H,22,23). The molecule has 25 heavy (non-hydrogen) atoms. The molecule has 4 nitrogen and oxygen atoms in total. The van der Waals surface area contributed by atoms with E-state index >= 15 is 0 Å². The number of hydrogen-bond donors (Lipinski definition) is 1. The maximum Gasteiger partial charge on any atom is 0.224 e. The molecule has 1 N–H and O–H groups in total. The van der Waals surface area contributed by atoms with Crippen molar-refractivity contribution in [2.24, 2.45) is 0 Å². The zero-order valence-electron chi connectivity index (χ0n) is 14.1. The number of amides is 1. The monoisotopic (exact) mass is 335 g/mol. The normalized spacial score (nSPS) is 13.0. The van der Waals surface area contributed by atoms with Gasteiger partial charge in [0.2, 0.25) is 5.91 Å². The molecular weight excluding hydrogens is 314 g/mol. The molecule has 0 radical (unpaired) electrons. The molecule has 4 heteroatoms. The van der Waals surface area contributed by atoms with Gasteiger partial charge in [-0.3, -0.25) is 4.79 Å². The number of ether oxygens (including phenoxy) is 1. The zero-order chi connectivity index (χ0) is 17.1. The van der Waals surface area contributed by atoms with Crippen molar-refractivity contribution in [3.63, 3.8) is 0 Å². The Morgan fingerprint density at radius 1 is 1.12 bits per heavy atom. The van der Waals surface area contributed by atoms with E-state index in [1.54, 1.807) is 6.26 Å². The molecule has 0 bridgehead atoms. The average molecular weight is 335 g/mol. The van der Waals surface area contributed by atoms with Crippen LogP contribution in [0, 0.1) is 0 Å². The zero-order valence-corrected chi connectivity index (χ0v) is 14.1. The minimum atomic E-state index is -0.0140. The summed E-state index contributed by atoms with van der Waals surface area (Å²) in [6.07, 6.45) is 5.50. The second-order valence-corrected chi connectivity index (χ2v) is 6.42. The van der Waals surface area contributed by atoms with Gasteiger partial charge in [0.15, 0.2) is 0 Å². The topological polar surface area (TPSA) is 51.5 Å². The van der Waals surface area contributed by atoms with Crippen LogP contribution in [0.2, 0.25) is 0 Å². The summed E-state index contributed by atoms with van der Waals surface area (Å²) in [6.45, 7) is 0.939. The van der Waals surface area contributed by atoms with Crippen LogP contribution >= 0.6 is 0 Å². The third kappa shape index (κ3) is 3.53. The van der Waals surface area contributed by atoms with E-state index in [0.717, 1.165) is 35.1 Å². The Morgan fingerprint density at radius 3 is 2.76 bits per heavy atom. The first-order chi connectivity index (χ1) is 12.3. The van der Waals surface area contributed by atoms with Crippen molar-refractivity contribution >= 4 is 16.9 Å². The van der Waals surface area contributed by atoms with Crippen LogP contribution in [-0.4, -0.2) is 19.1 Å². The molecular formula is C21H21NO3. The number of hydrogen-bond acceptors (Lipinski definition) is 3. The number of nitrogens with one attached hydrogen (secondary N) is 1. The number of para-hydroxylation sites is 1. The van der Waals surface area contributed by atoms with Gasteiger partial charge in [0.05, 0.1) is 19.2 Å². The molecule has 0 saturated carbocycles. The lowest BCUT2D eigenvalue weighted by atomic mass is 10.0. The molecule has 3 aromatic rings. The van der Waals surface area contributed by atoms with Crippen LogP contribution in [-0.2, 0) is 24.1 Å². The molecule has 1 aromatic heterocycles. The lowest BCUT2D eigenvalue weighted by molar-refractivity contribution is -0.120. The Labute approximate surface area is 146 Å². The minimum Gasteiger partial charge on any atom is -0.492 e. The summed E-state index contributed by atoms with van der Waals surface area (Å²) >= 11 is 0. The van der Waals surface area contributed by atoms with Gasteiger partial charge in [0.25, 0.3) is 0 Å². The molecule has 0 fully saturated rings. The highest BCUT2D eigenvalue weighted by molar-refractivity contribution is 5.88. The summed E-state index contributed by atoms with van der Waals surface area (Å²) in [4.78, 5) is 12.2. The first-order valence-corrected chi connectivity index (χ1v) is 8.76. The van der Waals surface area contributed by atoms with E-state index in [9.17, 15) is 4.79 Å². The van der Waals surface area contributed by atoms with Gasteiger partial charge in [-0.1, -0.05) is 18.2 Å². The van der Waals surface area contributed by atoms with Crippen molar-refractivity contribution in [1.82, 2.24) is 5.32 Å². The van der Waals surface area contributed by atoms with E-state index < -0.39 is 0 Å². The van der Waals surface area contributed by atoms with Gasteiger partial charge < -0.3 is 14.5 Å². The quantitative estimate of drug-likeness (QED) is 0.700. The predicted molar refractivity (Wildman–Crippen MR) is 96.9 cm³/mol. The van der Waals surface area contributed by atoms with Gasteiger partial charge in [-0.05, 0) is 54.7 Å². The van der Waals surface area contributed by atoms with Crippen LogP contribution in [0.3, 0.4) is 0 Å². The van der Waals surface area contributed by atoms with E-state index in [1.165, 1.54) is 17.5 Å². The smallest absolute Gasteiger partial charge is 0.224 e. The molecule has 4 rings (SSSR count). The molecule has 1 aliphatic carbocycles. The number of benzene rings is 2. The van der Waals surface area contributed by atoms with E-state index in [4.69, 9.17) is 9.15 Å². The summed E-state index contributed by atoms with van der Waals surface area (Å²) < 4.78 is 11.2. The van der Waals surface area contributed by atoms with E-state index in [1.807, 2.05) is 30.3 Å². The number of rotatable bonds is 6. The fourth-order valence-electron chi connectivity index (χ4n) is 3.40. The third-order valence-electron chi connectivity index (χ3n) is 4.66. The fourth-order valence-corrected chi connectivity index (χ4v) is 3.40. The average Bonchev–Trinajstić information content (AvgIpc) is 3.24. The van der Waals surface area contributed by atoms with Crippen molar-refractivity contribution in [3.05, 3.63) is 65.4 Å². The molecule has 0 unspecified atom stereocenters. The summed E-state index contributed by atoms with van der Waals surface area (Å²) in [5.41, 5.74) is 4.62. The van der Waals surface area contributed by atoms with Crippen LogP contribution in [0.4, 0.5) is 0 Å². The van der Waals surface area contributed by atoms with Crippen molar-refractivity contribution in [1.29, 1.82) is 0 Å². The maximum absolute atomic E-state index is 12.2. The van der Waals surface area contributed by atoms with Crippen molar-refractivity contribution in [2.75, 3.05) is 13.2 Å². The highest BCUT2D eigenvalue weighted by atomic mass is 16.5. The Hall–Kier alpha value is -2.75. The number of fused-ring (bicyclic) bond motifs is 2. The van der Waals surface area contributed by atoms with E-state index in [-0.39, 0.29) is 5.91 Å². The SMILES string of the molecule is O=C(Cc1coc2cc3c(cc12)CCC3)NCCOc1ccccc1. The first kappa shape index (κ1) is 15.8. The van der Waals surface area contributed by atoms with Crippen LogP contribution in [0.1, 0.15) is 23.1 Å². The lowest BCUT2D eigenvalue weighted by Crippen LogP contribution is -2.29. The molecule has 0 atom stereocenters. The summed E-state index contributed by atoms with van der Waals surface area (Å²) in [5, 5.41) is 3.97. The van der Waals surface area contributed by atoms with Crippen LogP contribution in [0.15, 0.2) is 53.1 Å². The molecule has 0 aliphatic heterocycles. The van der Waals surface area contributed by atoms with Crippen LogP contribution < -0.4 is 10.1 Å². The predicted octanol–water partition coefficient (Wildman–Crippen LogP) is 3.66. The summed E-state index contributed by atoms with van der Waals surface area (Å²) in [7, 11) is 0. The van der Waals surface area contributed by atoms with Gasteiger partial charge in [0.1, 0.15) is 17.9 Å².